The Balaban J connectivity index is 2.14. The lowest BCUT2D eigenvalue weighted by molar-refractivity contribution is -0.179. The monoisotopic (exact) mass is 304 g/mol. The van der Waals surface area contributed by atoms with Gasteiger partial charge in [0.1, 0.15) is 0 Å². The molecule has 4 nitrogen and oxygen atoms in total. The number of esters is 2. The number of benzene rings is 1. The zero-order valence-corrected chi connectivity index (χ0v) is 13.8. The molecule has 1 aliphatic rings. The van der Waals surface area contributed by atoms with Gasteiger partial charge >= 0.3 is 11.9 Å². The van der Waals surface area contributed by atoms with Crippen LogP contribution in [0.1, 0.15) is 47.9 Å². The van der Waals surface area contributed by atoms with Crippen LogP contribution in [-0.4, -0.2) is 24.6 Å². The van der Waals surface area contributed by atoms with E-state index in [1.807, 2.05) is 20.8 Å². The molecule has 0 heterocycles. The molecular weight excluding hydrogens is 280 g/mol. The van der Waals surface area contributed by atoms with Crippen molar-refractivity contribution in [3.63, 3.8) is 0 Å². The summed E-state index contributed by atoms with van der Waals surface area (Å²) in [5.41, 5.74) is 3.24. The molecule has 1 aliphatic carbocycles. The average Bonchev–Trinajstić information content (AvgIpc) is 2.91. The molecule has 0 unspecified atom stereocenters. The van der Waals surface area contributed by atoms with Crippen LogP contribution in [0.25, 0.3) is 0 Å². The summed E-state index contributed by atoms with van der Waals surface area (Å²) in [6.07, 6.45) is 3.06. The van der Waals surface area contributed by atoms with Gasteiger partial charge in [0.25, 0.3) is 0 Å². The van der Waals surface area contributed by atoms with Crippen molar-refractivity contribution in [3.8, 4) is 0 Å². The van der Waals surface area contributed by atoms with E-state index in [9.17, 15) is 9.59 Å². The number of methoxy groups -OCH3 is 1. The lowest BCUT2D eigenvalue weighted by Gasteiger charge is -2.26. The highest BCUT2D eigenvalue weighted by Gasteiger charge is 2.46. The van der Waals surface area contributed by atoms with Gasteiger partial charge in [0.15, 0.2) is 0 Å². The number of rotatable bonds is 4. The summed E-state index contributed by atoms with van der Waals surface area (Å²) in [6, 6.07) is 4.11. The van der Waals surface area contributed by atoms with Gasteiger partial charge in [-0.15, -0.1) is 0 Å². The first-order chi connectivity index (χ1) is 10.4. The summed E-state index contributed by atoms with van der Waals surface area (Å²) in [4.78, 5) is 24.4. The number of carbonyl (C=O) groups is 2. The fraction of sp³-hybridized carbons (Fsp3) is 0.556. The Morgan fingerprint density at radius 3 is 2.14 bits per heavy atom. The van der Waals surface area contributed by atoms with Crippen LogP contribution in [-0.2, 0) is 25.5 Å². The number of hydrogen-bond donors (Lipinski definition) is 0. The van der Waals surface area contributed by atoms with Gasteiger partial charge in [0.05, 0.1) is 13.5 Å². The van der Waals surface area contributed by atoms with E-state index in [1.54, 1.807) is 0 Å². The Hall–Kier alpha value is -1.84. The molecule has 4 heteroatoms. The molecule has 0 aromatic heterocycles. The zero-order chi connectivity index (χ0) is 16.3. The fourth-order valence-corrected chi connectivity index (χ4v) is 3.37. The summed E-state index contributed by atoms with van der Waals surface area (Å²) in [5.74, 6) is -0.793. The molecule has 1 aromatic rings. The Morgan fingerprint density at radius 1 is 1.09 bits per heavy atom. The second kappa shape index (κ2) is 6.51. The van der Waals surface area contributed by atoms with Crippen molar-refractivity contribution in [1.29, 1.82) is 0 Å². The molecule has 0 spiro atoms. The normalized spacial score (nSPS) is 16.4. The standard InChI is InChI=1S/C18H24O4/c1-12-9-13(2)15(14(3)10-12)11-16(19)22-18(17(20)21-4)7-5-6-8-18/h9-10H,5-8,11H2,1-4H3. The largest absolute Gasteiger partial charge is 0.466 e. The van der Waals surface area contributed by atoms with Crippen LogP contribution in [0.4, 0.5) is 0 Å². The van der Waals surface area contributed by atoms with Gasteiger partial charge in [0.2, 0.25) is 5.60 Å². The van der Waals surface area contributed by atoms with E-state index >= 15 is 0 Å². The maximum absolute atomic E-state index is 12.4. The molecule has 0 amide bonds. The molecule has 0 bridgehead atoms. The van der Waals surface area contributed by atoms with E-state index in [0.717, 1.165) is 29.5 Å². The SMILES string of the molecule is COC(=O)C1(OC(=O)Cc2c(C)cc(C)cc2C)CCCC1. The third-order valence-corrected chi connectivity index (χ3v) is 4.44. The van der Waals surface area contributed by atoms with Gasteiger partial charge in [0, 0.05) is 0 Å². The van der Waals surface area contributed by atoms with Crippen molar-refractivity contribution in [1.82, 2.24) is 0 Å². The highest BCUT2D eigenvalue weighted by molar-refractivity contribution is 5.84. The molecule has 1 saturated carbocycles. The molecular formula is C18H24O4. The van der Waals surface area contributed by atoms with Crippen molar-refractivity contribution < 1.29 is 19.1 Å². The van der Waals surface area contributed by atoms with E-state index in [2.05, 4.69) is 12.1 Å². The average molecular weight is 304 g/mol. The van der Waals surface area contributed by atoms with Gasteiger partial charge in [-0.3, -0.25) is 4.79 Å². The number of aryl methyl sites for hydroxylation is 3. The van der Waals surface area contributed by atoms with Gasteiger partial charge in [-0.05, 0) is 63.1 Å². The van der Waals surface area contributed by atoms with Crippen molar-refractivity contribution >= 4 is 11.9 Å². The lowest BCUT2D eigenvalue weighted by Crippen LogP contribution is -2.42. The molecule has 0 saturated heterocycles. The predicted molar refractivity (Wildman–Crippen MR) is 83.7 cm³/mol. The first kappa shape index (κ1) is 16.5. The van der Waals surface area contributed by atoms with Crippen molar-refractivity contribution in [2.24, 2.45) is 0 Å². The van der Waals surface area contributed by atoms with E-state index in [4.69, 9.17) is 9.47 Å². The molecule has 0 atom stereocenters. The van der Waals surface area contributed by atoms with Crippen LogP contribution in [0.5, 0.6) is 0 Å². The Labute approximate surface area is 131 Å². The third kappa shape index (κ3) is 3.32. The second-order valence-electron chi connectivity index (χ2n) is 6.22. The molecule has 120 valence electrons. The van der Waals surface area contributed by atoms with Crippen LogP contribution in [0.3, 0.4) is 0 Å². The van der Waals surface area contributed by atoms with Gasteiger partial charge in [-0.2, -0.15) is 0 Å². The Kier molecular flexibility index (Phi) is 4.89. The van der Waals surface area contributed by atoms with Crippen LogP contribution in [0.2, 0.25) is 0 Å². The van der Waals surface area contributed by atoms with E-state index in [0.29, 0.717) is 12.8 Å². The first-order valence-corrected chi connectivity index (χ1v) is 7.75. The molecule has 0 radical (unpaired) electrons. The van der Waals surface area contributed by atoms with Crippen molar-refractivity contribution in [3.05, 3.63) is 34.4 Å². The first-order valence-electron chi connectivity index (χ1n) is 7.75. The zero-order valence-electron chi connectivity index (χ0n) is 13.8. The fourth-order valence-electron chi connectivity index (χ4n) is 3.37. The summed E-state index contributed by atoms with van der Waals surface area (Å²) >= 11 is 0. The highest BCUT2D eigenvalue weighted by atomic mass is 16.6. The van der Waals surface area contributed by atoms with Crippen LogP contribution >= 0.6 is 0 Å². The topological polar surface area (TPSA) is 52.6 Å². The Bertz CT molecular complexity index is 560. The van der Waals surface area contributed by atoms with E-state index < -0.39 is 11.6 Å². The Morgan fingerprint density at radius 2 is 1.64 bits per heavy atom. The van der Waals surface area contributed by atoms with Gasteiger partial charge in [-0.25, -0.2) is 4.79 Å². The minimum Gasteiger partial charge on any atom is -0.466 e. The van der Waals surface area contributed by atoms with Crippen LogP contribution in [0.15, 0.2) is 12.1 Å². The molecule has 1 fully saturated rings. The molecule has 2 rings (SSSR count). The predicted octanol–water partition coefficient (Wildman–Crippen LogP) is 3.18. The molecule has 22 heavy (non-hydrogen) atoms. The molecule has 1 aromatic carbocycles. The maximum atomic E-state index is 12.4. The summed E-state index contributed by atoms with van der Waals surface area (Å²) in [6.45, 7) is 6.02. The number of hydrogen-bond acceptors (Lipinski definition) is 4. The minimum atomic E-state index is -1.07. The quantitative estimate of drug-likeness (QED) is 0.802. The number of carbonyl (C=O) groups excluding carboxylic acids is 2. The minimum absolute atomic E-state index is 0.191. The lowest BCUT2D eigenvalue weighted by atomic mass is 9.97. The van der Waals surface area contributed by atoms with Gasteiger partial charge in [-0.1, -0.05) is 17.7 Å². The summed E-state index contributed by atoms with van der Waals surface area (Å²) in [7, 11) is 1.34. The maximum Gasteiger partial charge on any atom is 0.350 e. The van der Waals surface area contributed by atoms with Crippen LogP contribution in [0, 0.1) is 20.8 Å². The number of ether oxygens (including phenoxy) is 2. The van der Waals surface area contributed by atoms with E-state index in [1.165, 1.54) is 12.7 Å². The molecule has 0 N–H and O–H groups in total. The smallest absolute Gasteiger partial charge is 0.350 e. The van der Waals surface area contributed by atoms with Crippen LogP contribution < -0.4 is 0 Å². The summed E-state index contributed by atoms with van der Waals surface area (Å²) < 4.78 is 10.4. The van der Waals surface area contributed by atoms with Gasteiger partial charge < -0.3 is 9.47 Å². The second-order valence-corrected chi connectivity index (χ2v) is 6.22. The van der Waals surface area contributed by atoms with E-state index in [-0.39, 0.29) is 12.4 Å². The molecule has 0 aliphatic heterocycles. The van der Waals surface area contributed by atoms with Crippen molar-refractivity contribution in [2.45, 2.75) is 58.5 Å². The third-order valence-electron chi connectivity index (χ3n) is 4.44. The highest BCUT2D eigenvalue weighted by Crippen LogP contribution is 2.35. The van der Waals surface area contributed by atoms with Crippen molar-refractivity contribution in [2.75, 3.05) is 7.11 Å². The summed E-state index contributed by atoms with van der Waals surface area (Å²) in [5, 5.41) is 0.